The lowest BCUT2D eigenvalue weighted by Gasteiger charge is -2.18. The van der Waals surface area contributed by atoms with E-state index < -0.39 is 0 Å². The van der Waals surface area contributed by atoms with E-state index in [9.17, 15) is 4.79 Å². The fourth-order valence-electron chi connectivity index (χ4n) is 5.19. The number of carbonyl (C=O) groups excluding carboxylic acids is 1. The Hall–Kier alpha value is -1.09. The van der Waals surface area contributed by atoms with E-state index in [0.29, 0.717) is 6.42 Å². The number of ether oxygens (including phenoxy) is 1. The van der Waals surface area contributed by atoms with E-state index in [0.717, 1.165) is 32.2 Å². The number of carbonyl (C=O) groups is 1. The molecule has 0 saturated carbocycles. The van der Waals surface area contributed by atoms with Crippen LogP contribution in [0.1, 0.15) is 229 Å². The van der Waals surface area contributed by atoms with E-state index in [-0.39, 0.29) is 12.1 Å². The summed E-state index contributed by atoms with van der Waals surface area (Å²) in [7, 11) is 0. The second-order valence-electron chi connectivity index (χ2n) is 12.7. The van der Waals surface area contributed by atoms with Gasteiger partial charge in [-0.1, -0.05) is 175 Å². The second kappa shape index (κ2) is 53.4. The van der Waals surface area contributed by atoms with Crippen molar-refractivity contribution in [2.75, 3.05) is 13.1 Å². The van der Waals surface area contributed by atoms with Gasteiger partial charge in [-0.15, -0.1) is 6.58 Å². The third-order valence-electron chi connectivity index (χ3n) is 8.08. The van der Waals surface area contributed by atoms with E-state index in [1.165, 1.54) is 148 Å². The summed E-state index contributed by atoms with van der Waals surface area (Å²) in [5.74, 6) is 0.0540. The van der Waals surface area contributed by atoms with Crippen molar-refractivity contribution in [3.8, 4) is 0 Å². The van der Waals surface area contributed by atoms with Crippen LogP contribution in [0.4, 0.5) is 0 Å². The van der Waals surface area contributed by atoms with Crippen molar-refractivity contribution in [2.24, 2.45) is 0 Å². The fourth-order valence-corrected chi connectivity index (χ4v) is 5.19. The molecular formula is C43H89NO2. The number of unbranched alkanes of at least 4 members (excludes halogenated alkanes) is 20. The molecule has 0 heterocycles. The van der Waals surface area contributed by atoms with Gasteiger partial charge in [-0.2, -0.15) is 0 Å². The van der Waals surface area contributed by atoms with E-state index >= 15 is 0 Å². The summed E-state index contributed by atoms with van der Waals surface area (Å²) in [6.45, 7) is 22.4. The van der Waals surface area contributed by atoms with Gasteiger partial charge in [0.15, 0.2) is 0 Å². The van der Waals surface area contributed by atoms with Crippen LogP contribution < -0.4 is 5.32 Å². The third-order valence-corrected chi connectivity index (χ3v) is 8.08. The van der Waals surface area contributed by atoms with E-state index in [1.807, 2.05) is 46.8 Å². The van der Waals surface area contributed by atoms with Crippen molar-refractivity contribution < 1.29 is 9.53 Å². The number of nitrogens with one attached hydrogen (secondary N) is 1. The predicted octanol–water partition coefficient (Wildman–Crippen LogP) is 14.9. The van der Waals surface area contributed by atoms with Crippen LogP contribution in [0.2, 0.25) is 0 Å². The van der Waals surface area contributed by atoms with E-state index in [1.54, 1.807) is 6.08 Å². The second-order valence-corrected chi connectivity index (χ2v) is 12.7. The molecule has 0 aliphatic carbocycles. The number of esters is 1. The fraction of sp³-hybridized carbons (Fsp3) is 0.884. The van der Waals surface area contributed by atoms with Gasteiger partial charge >= 0.3 is 5.97 Å². The summed E-state index contributed by atoms with van der Waals surface area (Å²) in [6.07, 6.45) is 40.0. The van der Waals surface area contributed by atoms with Crippen LogP contribution in [0.5, 0.6) is 0 Å². The van der Waals surface area contributed by atoms with Gasteiger partial charge < -0.3 is 10.1 Å². The zero-order valence-electron chi connectivity index (χ0n) is 33.3. The van der Waals surface area contributed by atoms with Crippen molar-refractivity contribution in [3.05, 3.63) is 24.8 Å². The van der Waals surface area contributed by atoms with Gasteiger partial charge in [-0.3, -0.25) is 4.79 Å². The predicted molar refractivity (Wildman–Crippen MR) is 212 cm³/mol. The standard InChI is InChI=1S/C34H69NO2.C4H8.C3H6.C2H6/c1-4-7-10-13-16-21-26-31-35-32-27-22-17-20-25-30-34(36)37-33(28-23-18-14-11-8-5-2)29-24-19-15-12-9-6-3;1-3-4-2;1-3-2;1-2/h33,35H,4-32H2,1-3H3;3-4H,1-2H3;3H,1H2,2H3;1-2H3/b;4-3-;;. The van der Waals surface area contributed by atoms with Crippen LogP contribution in [0, 0.1) is 0 Å². The van der Waals surface area contributed by atoms with Crippen molar-refractivity contribution >= 4 is 5.97 Å². The van der Waals surface area contributed by atoms with Crippen molar-refractivity contribution in [1.29, 1.82) is 0 Å². The highest BCUT2D eigenvalue weighted by atomic mass is 16.5. The summed E-state index contributed by atoms with van der Waals surface area (Å²) in [6, 6.07) is 0. The molecule has 3 heteroatoms. The zero-order chi connectivity index (χ0) is 35.2. The summed E-state index contributed by atoms with van der Waals surface area (Å²) in [4.78, 5) is 12.5. The zero-order valence-corrected chi connectivity index (χ0v) is 33.3. The molecule has 0 radical (unpaired) electrons. The smallest absolute Gasteiger partial charge is 0.306 e. The first-order chi connectivity index (χ1) is 22.6. The van der Waals surface area contributed by atoms with Gasteiger partial charge in [-0.05, 0) is 78.8 Å². The minimum Gasteiger partial charge on any atom is -0.462 e. The maximum absolute atomic E-state index is 12.5. The van der Waals surface area contributed by atoms with Gasteiger partial charge in [0, 0.05) is 6.42 Å². The van der Waals surface area contributed by atoms with E-state index in [4.69, 9.17) is 4.74 Å². The molecule has 0 spiro atoms. The lowest BCUT2D eigenvalue weighted by Crippen LogP contribution is -2.18. The Morgan fingerprint density at radius 3 is 1.20 bits per heavy atom. The van der Waals surface area contributed by atoms with Gasteiger partial charge in [0.25, 0.3) is 0 Å². The SMILES string of the molecule is C/C=C\C.C=CC.CC.CCCCCCCCCNCCCCCCCC(=O)OC(CCCCCCCC)CCCCCCCC. The number of hydrogen-bond acceptors (Lipinski definition) is 3. The monoisotopic (exact) mass is 652 g/mol. The van der Waals surface area contributed by atoms with Gasteiger partial charge in [-0.25, -0.2) is 0 Å². The molecule has 0 fully saturated rings. The summed E-state index contributed by atoms with van der Waals surface area (Å²) >= 11 is 0. The third kappa shape index (κ3) is 55.3. The molecule has 1 N–H and O–H groups in total. The first kappa shape index (κ1) is 51.7. The van der Waals surface area contributed by atoms with Crippen LogP contribution in [0.3, 0.4) is 0 Å². The highest BCUT2D eigenvalue weighted by Gasteiger charge is 2.14. The molecule has 0 aromatic carbocycles. The minimum absolute atomic E-state index is 0.0540. The first-order valence-corrected chi connectivity index (χ1v) is 20.6. The van der Waals surface area contributed by atoms with Crippen LogP contribution in [0.15, 0.2) is 24.8 Å². The van der Waals surface area contributed by atoms with Gasteiger partial charge in [0.05, 0.1) is 0 Å². The van der Waals surface area contributed by atoms with Gasteiger partial charge in [0.1, 0.15) is 6.10 Å². The van der Waals surface area contributed by atoms with Crippen molar-refractivity contribution in [3.63, 3.8) is 0 Å². The van der Waals surface area contributed by atoms with Crippen LogP contribution in [0.25, 0.3) is 0 Å². The Morgan fingerprint density at radius 1 is 0.543 bits per heavy atom. The summed E-state index contributed by atoms with van der Waals surface area (Å²) in [5.41, 5.74) is 0. The average molecular weight is 652 g/mol. The molecule has 0 saturated heterocycles. The molecule has 0 aliphatic heterocycles. The normalized spacial score (nSPS) is 10.5. The molecule has 0 aromatic rings. The van der Waals surface area contributed by atoms with Gasteiger partial charge in [0.2, 0.25) is 0 Å². The molecule has 3 nitrogen and oxygen atoms in total. The van der Waals surface area contributed by atoms with Crippen LogP contribution in [-0.2, 0) is 9.53 Å². The number of allylic oxidation sites excluding steroid dienone is 3. The van der Waals surface area contributed by atoms with Crippen LogP contribution >= 0.6 is 0 Å². The Balaban J connectivity index is -0.000000870. The van der Waals surface area contributed by atoms with Crippen molar-refractivity contribution in [2.45, 2.75) is 235 Å². The largest absolute Gasteiger partial charge is 0.462 e. The highest BCUT2D eigenvalue weighted by Crippen LogP contribution is 2.18. The molecule has 0 bridgehead atoms. The molecule has 0 atom stereocenters. The maximum atomic E-state index is 12.5. The number of hydrogen-bond donors (Lipinski definition) is 1. The molecule has 0 rings (SSSR count). The maximum Gasteiger partial charge on any atom is 0.306 e. The Labute approximate surface area is 293 Å². The van der Waals surface area contributed by atoms with Crippen molar-refractivity contribution in [1.82, 2.24) is 5.32 Å². The summed E-state index contributed by atoms with van der Waals surface area (Å²) < 4.78 is 5.98. The topological polar surface area (TPSA) is 38.3 Å². The molecule has 0 amide bonds. The Bertz CT molecular complexity index is 525. The summed E-state index contributed by atoms with van der Waals surface area (Å²) in [5, 5.41) is 3.61. The molecule has 0 aliphatic rings. The first-order valence-electron chi connectivity index (χ1n) is 20.6. The molecule has 278 valence electrons. The lowest BCUT2D eigenvalue weighted by molar-refractivity contribution is -0.150. The van der Waals surface area contributed by atoms with E-state index in [2.05, 4.69) is 32.7 Å². The Kier molecular flexibility index (Phi) is 60.1. The molecule has 46 heavy (non-hydrogen) atoms. The highest BCUT2D eigenvalue weighted by molar-refractivity contribution is 5.69. The molecule has 0 unspecified atom stereocenters. The quantitative estimate of drug-likeness (QED) is 0.0460. The Morgan fingerprint density at radius 2 is 0.848 bits per heavy atom. The number of rotatable bonds is 31. The molecule has 0 aromatic heterocycles. The lowest BCUT2D eigenvalue weighted by atomic mass is 10.0. The average Bonchev–Trinajstić information content (AvgIpc) is 3.07. The molecular weight excluding hydrogens is 562 g/mol. The minimum atomic E-state index is 0.0540. The van der Waals surface area contributed by atoms with Crippen LogP contribution in [-0.4, -0.2) is 25.2 Å².